The van der Waals surface area contributed by atoms with Crippen LogP contribution in [0.5, 0.6) is 0 Å². The topological polar surface area (TPSA) is 24.9 Å². The molecule has 1 aromatic carbocycles. The molecule has 0 radical (unpaired) electrons. The summed E-state index contributed by atoms with van der Waals surface area (Å²) in [7, 11) is 0. The Kier molecular flexibility index (Phi) is 3.58. The summed E-state index contributed by atoms with van der Waals surface area (Å²) in [4.78, 5) is 5.34. The van der Waals surface area contributed by atoms with Gasteiger partial charge in [0.05, 0.1) is 11.6 Å². The predicted octanol–water partition coefficient (Wildman–Crippen LogP) is 3.92. The summed E-state index contributed by atoms with van der Waals surface area (Å²) in [6.07, 6.45) is 1.91. The van der Waals surface area contributed by atoms with Crippen molar-refractivity contribution in [3.63, 3.8) is 0 Å². The number of anilines is 1. The molecule has 1 N–H and O–H groups in total. The normalized spacial score (nSPS) is 12.4. The van der Waals surface area contributed by atoms with Gasteiger partial charge in [0.25, 0.3) is 0 Å². The maximum absolute atomic E-state index is 4.08. The van der Waals surface area contributed by atoms with Gasteiger partial charge in [-0.05, 0) is 41.6 Å². The zero-order valence-electron chi connectivity index (χ0n) is 8.27. The first-order chi connectivity index (χ1) is 7.27. The summed E-state index contributed by atoms with van der Waals surface area (Å²) < 4.78 is 1.24. The van der Waals surface area contributed by atoms with Crippen molar-refractivity contribution in [1.82, 2.24) is 4.98 Å². The molecule has 15 heavy (non-hydrogen) atoms. The zero-order chi connectivity index (χ0) is 10.7. The van der Waals surface area contributed by atoms with E-state index in [1.54, 1.807) is 11.3 Å². The van der Waals surface area contributed by atoms with Gasteiger partial charge in [-0.1, -0.05) is 12.1 Å². The van der Waals surface area contributed by atoms with Crippen LogP contribution in [-0.2, 0) is 0 Å². The number of thiazole rings is 1. The van der Waals surface area contributed by atoms with Crippen LogP contribution in [0.4, 0.5) is 5.69 Å². The molecule has 0 aliphatic carbocycles. The average Bonchev–Trinajstić information content (AvgIpc) is 2.74. The fourth-order valence-electron chi connectivity index (χ4n) is 1.32. The van der Waals surface area contributed by atoms with E-state index in [9.17, 15) is 0 Å². The van der Waals surface area contributed by atoms with Gasteiger partial charge in [0.15, 0.2) is 0 Å². The maximum atomic E-state index is 4.08. The molecule has 0 spiro atoms. The van der Waals surface area contributed by atoms with Gasteiger partial charge in [-0.15, -0.1) is 11.3 Å². The highest BCUT2D eigenvalue weighted by Gasteiger charge is 2.07. The van der Waals surface area contributed by atoms with Crippen molar-refractivity contribution in [3.8, 4) is 0 Å². The SMILES string of the molecule is CC(Nc1ccccc1I)c1cncs1. The van der Waals surface area contributed by atoms with E-state index in [-0.39, 0.29) is 0 Å². The molecule has 1 unspecified atom stereocenters. The fraction of sp³-hybridized carbons (Fsp3) is 0.182. The van der Waals surface area contributed by atoms with Crippen LogP contribution < -0.4 is 5.32 Å². The van der Waals surface area contributed by atoms with Crippen molar-refractivity contribution in [2.24, 2.45) is 0 Å². The molecule has 2 nitrogen and oxygen atoms in total. The smallest absolute Gasteiger partial charge is 0.0795 e. The largest absolute Gasteiger partial charge is 0.377 e. The Morgan fingerprint density at radius 3 is 2.87 bits per heavy atom. The Bertz CT molecular complexity index is 428. The molecular weight excluding hydrogens is 319 g/mol. The number of benzene rings is 1. The summed E-state index contributed by atoms with van der Waals surface area (Å²) in [6, 6.07) is 8.60. The minimum Gasteiger partial charge on any atom is -0.377 e. The maximum Gasteiger partial charge on any atom is 0.0795 e. The lowest BCUT2D eigenvalue weighted by molar-refractivity contribution is 0.902. The molecule has 1 heterocycles. The van der Waals surface area contributed by atoms with Crippen molar-refractivity contribution in [2.75, 3.05) is 5.32 Å². The summed E-state index contributed by atoms with van der Waals surface area (Å²) in [5, 5.41) is 3.48. The highest BCUT2D eigenvalue weighted by molar-refractivity contribution is 14.1. The van der Waals surface area contributed by atoms with E-state index in [1.165, 1.54) is 14.1 Å². The number of halogens is 1. The Hall–Kier alpha value is -0.620. The second kappa shape index (κ2) is 4.94. The average molecular weight is 330 g/mol. The lowest BCUT2D eigenvalue weighted by Gasteiger charge is -2.14. The van der Waals surface area contributed by atoms with Crippen molar-refractivity contribution in [1.29, 1.82) is 0 Å². The molecule has 0 aliphatic heterocycles. The monoisotopic (exact) mass is 330 g/mol. The molecule has 0 aliphatic rings. The van der Waals surface area contributed by atoms with Crippen molar-refractivity contribution < 1.29 is 0 Å². The predicted molar refractivity (Wildman–Crippen MR) is 73.3 cm³/mol. The van der Waals surface area contributed by atoms with Crippen LogP contribution in [0.2, 0.25) is 0 Å². The Labute approximate surface area is 107 Å². The summed E-state index contributed by atoms with van der Waals surface area (Å²) in [5.74, 6) is 0. The van der Waals surface area contributed by atoms with Crippen LogP contribution in [0.15, 0.2) is 36.0 Å². The molecule has 78 valence electrons. The molecule has 0 saturated heterocycles. The van der Waals surface area contributed by atoms with Crippen LogP contribution in [0.25, 0.3) is 0 Å². The number of nitrogens with zero attached hydrogens (tertiary/aromatic N) is 1. The molecule has 2 aromatic rings. The number of hydrogen-bond donors (Lipinski definition) is 1. The highest BCUT2D eigenvalue weighted by Crippen LogP contribution is 2.24. The first kappa shape index (κ1) is 10.9. The van der Waals surface area contributed by atoms with Crippen LogP contribution in [0, 0.1) is 3.57 Å². The lowest BCUT2D eigenvalue weighted by atomic mass is 10.2. The van der Waals surface area contributed by atoms with Gasteiger partial charge >= 0.3 is 0 Å². The van der Waals surface area contributed by atoms with E-state index in [2.05, 4.69) is 51.9 Å². The van der Waals surface area contributed by atoms with Crippen LogP contribution >= 0.6 is 33.9 Å². The van der Waals surface area contributed by atoms with E-state index >= 15 is 0 Å². The lowest BCUT2D eigenvalue weighted by Crippen LogP contribution is -2.05. The third-order valence-corrected chi connectivity index (χ3v) is 4.02. The number of aromatic nitrogens is 1. The Morgan fingerprint density at radius 1 is 1.40 bits per heavy atom. The molecule has 0 fully saturated rings. The molecule has 0 amide bonds. The molecule has 1 aromatic heterocycles. The van der Waals surface area contributed by atoms with Gasteiger partial charge in [0.2, 0.25) is 0 Å². The van der Waals surface area contributed by atoms with Crippen molar-refractivity contribution in [3.05, 3.63) is 44.4 Å². The number of rotatable bonds is 3. The number of hydrogen-bond acceptors (Lipinski definition) is 3. The molecule has 0 saturated carbocycles. The number of para-hydroxylation sites is 1. The quantitative estimate of drug-likeness (QED) is 0.863. The zero-order valence-corrected chi connectivity index (χ0v) is 11.2. The second-order valence-electron chi connectivity index (χ2n) is 3.25. The Morgan fingerprint density at radius 2 is 2.20 bits per heavy atom. The molecule has 1 atom stereocenters. The van der Waals surface area contributed by atoms with Gasteiger partial charge in [0.1, 0.15) is 0 Å². The fourth-order valence-corrected chi connectivity index (χ4v) is 2.49. The molecular formula is C11H11IN2S. The van der Waals surface area contributed by atoms with E-state index < -0.39 is 0 Å². The minimum absolute atomic E-state index is 0.313. The van der Waals surface area contributed by atoms with E-state index in [0.717, 1.165) is 0 Å². The van der Waals surface area contributed by atoms with Crippen LogP contribution in [-0.4, -0.2) is 4.98 Å². The third kappa shape index (κ3) is 2.69. The van der Waals surface area contributed by atoms with Crippen LogP contribution in [0.3, 0.4) is 0 Å². The van der Waals surface area contributed by atoms with E-state index in [0.29, 0.717) is 6.04 Å². The Balaban J connectivity index is 2.13. The molecule has 2 rings (SSSR count). The standard InChI is InChI=1S/C11H11IN2S/c1-8(11-6-13-7-15-11)14-10-5-3-2-4-9(10)12/h2-8,14H,1H3. The van der Waals surface area contributed by atoms with Gasteiger partial charge in [-0.2, -0.15) is 0 Å². The van der Waals surface area contributed by atoms with Gasteiger partial charge in [0, 0.05) is 20.3 Å². The first-order valence-electron chi connectivity index (χ1n) is 4.67. The van der Waals surface area contributed by atoms with Crippen molar-refractivity contribution in [2.45, 2.75) is 13.0 Å². The molecule has 4 heteroatoms. The second-order valence-corrected chi connectivity index (χ2v) is 5.33. The van der Waals surface area contributed by atoms with Crippen LogP contribution in [0.1, 0.15) is 17.8 Å². The molecule has 0 bridgehead atoms. The summed E-state index contributed by atoms with van der Waals surface area (Å²) in [5.41, 5.74) is 3.04. The third-order valence-electron chi connectivity index (χ3n) is 2.12. The van der Waals surface area contributed by atoms with Gasteiger partial charge in [-0.3, -0.25) is 4.98 Å². The number of nitrogens with one attached hydrogen (secondary N) is 1. The van der Waals surface area contributed by atoms with Gasteiger partial charge < -0.3 is 5.32 Å². The summed E-state index contributed by atoms with van der Waals surface area (Å²) >= 11 is 4.02. The first-order valence-corrected chi connectivity index (χ1v) is 6.62. The minimum atomic E-state index is 0.313. The van der Waals surface area contributed by atoms with E-state index in [1.807, 2.05) is 23.8 Å². The summed E-state index contributed by atoms with van der Waals surface area (Å²) in [6.45, 7) is 2.15. The van der Waals surface area contributed by atoms with E-state index in [4.69, 9.17) is 0 Å². The van der Waals surface area contributed by atoms with Crippen molar-refractivity contribution >= 4 is 39.6 Å². The van der Waals surface area contributed by atoms with Gasteiger partial charge in [-0.25, -0.2) is 0 Å². The highest BCUT2D eigenvalue weighted by atomic mass is 127.